The average Bonchev–Trinajstić information content (AvgIpc) is 3.01. The first-order valence-corrected chi connectivity index (χ1v) is 6.18. The second-order valence-electron chi connectivity index (χ2n) is 3.47. The first-order valence-electron chi connectivity index (χ1n) is 5.30. The maximum atomic E-state index is 9.10. The summed E-state index contributed by atoms with van der Waals surface area (Å²) in [6, 6.07) is 8.28. The molecule has 0 aliphatic carbocycles. The van der Waals surface area contributed by atoms with Gasteiger partial charge < -0.3 is 19.9 Å². The summed E-state index contributed by atoms with van der Waals surface area (Å²) in [6.07, 6.45) is 1.67. The molecule has 2 rings (SSSR count). The van der Waals surface area contributed by atoms with Crippen molar-refractivity contribution in [2.24, 2.45) is 0 Å². The van der Waals surface area contributed by atoms with E-state index in [1.807, 2.05) is 12.1 Å². The molecule has 3 N–H and O–H groups in total. The Balaban J connectivity index is 0.000000258. The number of thiophene rings is 1. The zero-order valence-corrected chi connectivity index (χ0v) is 10.9. The summed E-state index contributed by atoms with van der Waals surface area (Å²) in [4.78, 5) is 19.5. The van der Waals surface area contributed by atoms with Crippen LogP contribution in [0.3, 0.4) is 0 Å². The molecule has 1 unspecified atom stereocenters. The Kier molecular flexibility index (Phi) is 5.62. The van der Waals surface area contributed by atoms with Crippen molar-refractivity contribution in [2.75, 3.05) is 5.32 Å². The second kappa shape index (κ2) is 7.22. The zero-order chi connectivity index (χ0) is 14.3. The Morgan fingerprint density at radius 1 is 1.26 bits per heavy atom. The van der Waals surface area contributed by atoms with Crippen molar-refractivity contribution < 1.29 is 24.2 Å². The Labute approximate surface area is 113 Å². The topological polar surface area (TPSA) is 99.8 Å². The minimum Gasteiger partial charge on any atom is -0.473 e. The molecule has 0 saturated carbocycles. The van der Waals surface area contributed by atoms with Crippen LogP contribution < -0.4 is 5.32 Å². The molecular formula is C12H13NO5S. The van der Waals surface area contributed by atoms with Crippen molar-refractivity contribution in [3.63, 3.8) is 0 Å². The molecule has 102 valence electrons. The molecule has 0 aromatic carbocycles. The predicted octanol–water partition coefficient (Wildman–Crippen LogP) is 2.67. The van der Waals surface area contributed by atoms with Gasteiger partial charge in [0.15, 0.2) is 5.88 Å². The summed E-state index contributed by atoms with van der Waals surface area (Å²) in [6.45, 7) is 2.12. The summed E-state index contributed by atoms with van der Waals surface area (Å²) in [5, 5.41) is 20.1. The predicted molar refractivity (Wildman–Crippen MR) is 70.3 cm³/mol. The van der Waals surface area contributed by atoms with E-state index in [1.54, 1.807) is 17.6 Å². The number of aliphatic carboxylic acids is 2. The average molecular weight is 283 g/mol. The monoisotopic (exact) mass is 283 g/mol. The fourth-order valence-electron chi connectivity index (χ4n) is 1.18. The van der Waals surface area contributed by atoms with Crippen LogP contribution in [0.25, 0.3) is 0 Å². The standard InChI is InChI=1S/C10H11NOS.C2H2O4/c1-8(9-4-3-7-13-9)11-10-5-2-6-12-10;3-1(4)2(5)6/h2-8,11H,1H3;(H,3,4)(H,5,6). The number of hydrogen-bond donors (Lipinski definition) is 3. The molecular weight excluding hydrogens is 270 g/mol. The third-order valence-electron chi connectivity index (χ3n) is 2.03. The van der Waals surface area contributed by atoms with Gasteiger partial charge in [-0.25, -0.2) is 9.59 Å². The Bertz CT molecular complexity index is 494. The van der Waals surface area contributed by atoms with Crippen molar-refractivity contribution >= 4 is 29.2 Å². The molecule has 6 nitrogen and oxygen atoms in total. The summed E-state index contributed by atoms with van der Waals surface area (Å²) in [5.41, 5.74) is 0. The lowest BCUT2D eigenvalue weighted by Gasteiger charge is -2.10. The number of carbonyl (C=O) groups is 2. The number of carboxylic acid groups (broad SMARTS) is 2. The molecule has 7 heteroatoms. The van der Waals surface area contributed by atoms with E-state index in [-0.39, 0.29) is 0 Å². The van der Waals surface area contributed by atoms with Crippen LogP contribution >= 0.6 is 11.3 Å². The van der Waals surface area contributed by atoms with Crippen LogP contribution in [0.5, 0.6) is 0 Å². The molecule has 0 radical (unpaired) electrons. The van der Waals surface area contributed by atoms with Crippen LogP contribution in [0.1, 0.15) is 17.8 Å². The van der Waals surface area contributed by atoms with Gasteiger partial charge in [-0.3, -0.25) is 0 Å². The molecule has 0 spiro atoms. The molecule has 19 heavy (non-hydrogen) atoms. The third kappa shape index (κ3) is 5.26. The van der Waals surface area contributed by atoms with Crippen molar-refractivity contribution in [1.82, 2.24) is 0 Å². The Morgan fingerprint density at radius 3 is 2.37 bits per heavy atom. The number of carboxylic acids is 2. The van der Waals surface area contributed by atoms with Gasteiger partial charge in [-0.15, -0.1) is 11.3 Å². The van der Waals surface area contributed by atoms with E-state index in [0.29, 0.717) is 6.04 Å². The highest BCUT2D eigenvalue weighted by molar-refractivity contribution is 7.10. The molecule has 1 atom stereocenters. The second-order valence-corrected chi connectivity index (χ2v) is 4.45. The van der Waals surface area contributed by atoms with Gasteiger partial charge in [-0.2, -0.15) is 0 Å². The lowest BCUT2D eigenvalue weighted by atomic mass is 10.3. The third-order valence-corrected chi connectivity index (χ3v) is 3.09. The van der Waals surface area contributed by atoms with Gasteiger partial charge >= 0.3 is 11.9 Å². The summed E-state index contributed by atoms with van der Waals surface area (Å²) in [5.74, 6) is -2.83. The fourth-order valence-corrected chi connectivity index (χ4v) is 1.92. The van der Waals surface area contributed by atoms with Gasteiger partial charge in [0, 0.05) is 10.9 Å². The van der Waals surface area contributed by atoms with Gasteiger partial charge in [0.05, 0.1) is 12.3 Å². The largest absolute Gasteiger partial charge is 0.473 e. The van der Waals surface area contributed by atoms with Gasteiger partial charge in [0.2, 0.25) is 0 Å². The smallest absolute Gasteiger partial charge is 0.414 e. The SMILES string of the molecule is CC(Nc1ccco1)c1cccs1.O=C(O)C(=O)O. The minimum atomic E-state index is -1.82. The van der Waals surface area contributed by atoms with Gasteiger partial charge in [-0.05, 0) is 24.4 Å². The highest BCUT2D eigenvalue weighted by Crippen LogP contribution is 2.22. The molecule has 0 aliphatic rings. The van der Waals surface area contributed by atoms with Gasteiger partial charge in [0.25, 0.3) is 0 Å². The first-order chi connectivity index (χ1) is 9.00. The van der Waals surface area contributed by atoms with E-state index in [1.165, 1.54) is 4.88 Å². The van der Waals surface area contributed by atoms with E-state index < -0.39 is 11.9 Å². The number of anilines is 1. The van der Waals surface area contributed by atoms with Crippen molar-refractivity contribution in [2.45, 2.75) is 13.0 Å². The van der Waals surface area contributed by atoms with Crippen LogP contribution in [0.15, 0.2) is 40.3 Å². The molecule has 0 amide bonds. The maximum Gasteiger partial charge on any atom is 0.414 e. The molecule has 2 aromatic heterocycles. The van der Waals surface area contributed by atoms with E-state index in [4.69, 9.17) is 24.2 Å². The van der Waals surface area contributed by atoms with Crippen LogP contribution in [0, 0.1) is 0 Å². The maximum absolute atomic E-state index is 9.10. The Hall–Kier alpha value is -2.28. The van der Waals surface area contributed by atoms with Crippen molar-refractivity contribution in [3.05, 3.63) is 40.8 Å². The molecule has 0 fully saturated rings. The lowest BCUT2D eigenvalue weighted by molar-refractivity contribution is -0.159. The lowest BCUT2D eigenvalue weighted by Crippen LogP contribution is -2.09. The van der Waals surface area contributed by atoms with Crippen LogP contribution in [0.4, 0.5) is 5.88 Å². The van der Waals surface area contributed by atoms with Crippen molar-refractivity contribution in [1.29, 1.82) is 0 Å². The van der Waals surface area contributed by atoms with E-state index in [0.717, 1.165) is 5.88 Å². The number of furan rings is 1. The molecule has 0 bridgehead atoms. The van der Waals surface area contributed by atoms with Crippen molar-refractivity contribution in [3.8, 4) is 0 Å². The van der Waals surface area contributed by atoms with Crippen LogP contribution in [0.2, 0.25) is 0 Å². The summed E-state index contributed by atoms with van der Waals surface area (Å²) in [7, 11) is 0. The normalized spacial score (nSPS) is 11.0. The van der Waals surface area contributed by atoms with E-state index in [2.05, 4.69) is 29.8 Å². The molecule has 2 aromatic rings. The Morgan fingerprint density at radius 2 is 1.95 bits per heavy atom. The highest BCUT2D eigenvalue weighted by Gasteiger charge is 2.06. The van der Waals surface area contributed by atoms with Gasteiger partial charge in [-0.1, -0.05) is 6.07 Å². The quantitative estimate of drug-likeness (QED) is 0.749. The van der Waals surface area contributed by atoms with Crippen LogP contribution in [-0.2, 0) is 9.59 Å². The molecule has 0 aliphatic heterocycles. The summed E-state index contributed by atoms with van der Waals surface area (Å²) >= 11 is 1.75. The van der Waals surface area contributed by atoms with E-state index in [9.17, 15) is 0 Å². The number of nitrogens with one attached hydrogen (secondary N) is 1. The number of hydrogen-bond acceptors (Lipinski definition) is 5. The number of rotatable bonds is 3. The fraction of sp³-hybridized carbons (Fsp3) is 0.167. The molecule has 0 saturated heterocycles. The van der Waals surface area contributed by atoms with Crippen LogP contribution in [-0.4, -0.2) is 22.2 Å². The van der Waals surface area contributed by atoms with Gasteiger partial charge in [0.1, 0.15) is 0 Å². The molecule has 2 heterocycles. The summed E-state index contributed by atoms with van der Waals surface area (Å²) < 4.78 is 5.20. The van der Waals surface area contributed by atoms with E-state index >= 15 is 0 Å². The first kappa shape index (κ1) is 14.8. The highest BCUT2D eigenvalue weighted by atomic mass is 32.1. The zero-order valence-electron chi connectivity index (χ0n) is 10.1. The minimum absolute atomic E-state index is 0.311.